The van der Waals surface area contributed by atoms with Crippen LogP contribution in [0.2, 0.25) is 0 Å². The number of hydrogen-bond acceptors (Lipinski definition) is 3. The minimum atomic E-state index is 0.737. The molecule has 0 unspecified atom stereocenters. The van der Waals surface area contributed by atoms with Gasteiger partial charge in [-0.15, -0.1) is 0 Å². The van der Waals surface area contributed by atoms with Crippen molar-refractivity contribution in [2.45, 2.75) is 12.8 Å². The van der Waals surface area contributed by atoms with Crippen molar-refractivity contribution in [3.8, 4) is 67.2 Å². The van der Waals surface area contributed by atoms with Crippen LogP contribution in [0.4, 0.5) is 0 Å². The van der Waals surface area contributed by atoms with Gasteiger partial charge in [-0.25, -0.2) is 9.97 Å². The fourth-order valence-electron chi connectivity index (χ4n) is 7.32. The lowest BCUT2D eigenvalue weighted by Gasteiger charge is -2.23. The Morgan fingerprint density at radius 2 is 1.04 bits per heavy atom. The first kappa shape index (κ1) is 29.7. The summed E-state index contributed by atoms with van der Waals surface area (Å²) in [5.74, 6) is 0.737. The molecule has 0 saturated heterocycles. The summed E-state index contributed by atoms with van der Waals surface area (Å²) in [6.07, 6.45) is 12.3. The van der Waals surface area contributed by atoms with Crippen LogP contribution in [0, 0.1) is 0 Å². The van der Waals surface area contributed by atoms with E-state index in [0.717, 1.165) is 63.1 Å². The molecular formula is C47H33N3. The van der Waals surface area contributed by atoms with Crippen LogP contribution in [0.3, 0.4) is 0 Å². The summed E-state index contributed by atoms with van der Waals surface area (Å²) in [7, 11) is 0. The lowest BCUT2D eigenvalue weighted by atomic mass is 9.82. The Morgan fingerprint density at radius 1 is 0.460 bits per heavy atom. The van der Waals surface area contributed by atoms with E-state index in [4.69, 9.17) is 9.97 Å². The number of allylic oxidation sites excluding steroid dienone is 1. The fraction of sp³-hybridized carbons (Fsp3) is 0.0426. The second kappa shape index (κ2) is 12.9. The summed E-state index contributed by atoms with van der Waals surface area (Å²) >= 11 is 0. The summed E-state index contributed by atoms with van der Waals surface area (Å²) in [5, 5.41) is 2.39. The molecule has 3 heteroatoms. The number of benzene rings is 6. The van der Waals surface area contributed by atoms with E-state index >= 15 is 0 Å². The van der Waals surface area contributed by atoms with Crippen LogP contribution in [0.15, 0.2) is 170 Å². The van der Waals surface area contributed by atoms with E-state index in [9.17, 15) is 0 Å². The Balaban J connectivity index is 1.25. The van der Waals surface area contributed by atoms with Crippen LogP contribution in [0.1, 0.15) is 17.5 Å². The van der Waals surface area contributed by atoms with E-state index < -0.39 is 0 Å². The number of fused-ring (bicyclic) bond motifs is 2. The molecule has 0 saturated carbocycles. The summed E-state index contributed by atoms with van der Waals surface area (Å²) in [4.78, 5) is 15.0. The molecule has 0 bridgehead atoms. The summed E-state index contributed by atoms with van der Waals surface area (Å²) < 4.78 is 0. The molecular weight excluding hydrogens is 607 g/mol. The van der Waals surface area contributed by atoms with Gasteiger partial charge < -0.3 is 0 Å². The van der Waals surface area contributed by atoms with E-state index in [1.165, 1.54) is 38.8 Å². The minimum absolute atomic E-state index is 0.737. The van der Waals surface area contributed by atoms with Crippen molar-refractivity contribution in [1.82, 2.24) is 15.0 Å². The van der Waals surface area contributed by atoms with Crippen molar-refractivity contribution >= 4 is 16.8 Å². The average molecular weight is 640 g/mol. The smallest absolute Gasteiger partial charge is 0.161 e. The van der Waals surface area contributed by atoms with Crippen molar-refractivity contribution in [2.24, 2.45) is 0 Å². The Hall–Kier alpha value is -6.45. The zero-order chi connectivity index (χ0) is 33.3. The topological polar surface area (TPSA) is 38.7 Å². The van der Waals surface area contributed by atoms with Gasteiger partial charge in [0.15, 0.2) is 5.82 Å². The van der Waals surface area contributed by atoms with Crippen LogP contribution in [0.5, 0.6) is 0 Å². The van der Waals surface area contributed by atoms with Crippen LogP contribution < -0.4 is 0 Å². The van der Waals surface area contributed by atoms with Gasteiger partial charge in [-0.05, 0) is 79.8 Å². The molecule has 0 N–H and O–H groups in total. The molecule has 0 amide bonds. The predicted molar refractivity (Wildman–Crippen MR) is 207 cm³/mol. The van der Waals surface area contributed by atoms with Gasteiger partial charge in [0.05, 0.1) is 5.69 Å². The van der Waals surface area contributed by atoms with E-state index in [0.29, 0.717) is 0 Å². The largest absolute Gasteiger partial charge is 0.264 e. The monoisotopic (exact) mass is 639 g/mol. The van der Waals surface area contributed by atoms with Gasteiger partial charge in [0, 0.05) is 35.3 Å². The van der Waals surface area contributed by atoms with Gasteiger partial charge >= 0.3 is 0 Å². The number of aromatic nitrogens is 3. The molecule has 0 radical (unpaired) electrons. The van der Waals surface area contributed by atoms with Crippen molar-refractivity contribution in [1.29, 1.82) is 0 Å². The molecule has 2 aromatic heterocycles. The van der Waals surface area contributed by atoms with Crippen LogP contribution >= 0.6 is 0 Å². The third kappa shape index (κ3) is 5.39. The maximum absolute atomic E-state index is 5.48. The zero-order valence-electron chi connectivity index (χ0n) is 27.5. The number of rotatable bonds is 6. The molecule has 8 aromatic rings. The molecule has 236 valence electrons. The zero-order valence-corrected chi connectivity index (χ0v) is 27.5. The molecule has 50 heavy (non-hydrogen) atoms. The van der Waals surface area contributed by atoms with E-state index in [1.807, 2.05) is 18.5 Å². The van der Waals surface area contributed by atoms with E-state index in [1.54, 1.807) is 6.20 Å². The van der Waals surface area contributed by atoms with Gasteiger partial charge in [0.2, 0.25) is 0 Å². The number of pyridine rings is 1. The molecule has 2 heterocycles. The minimum Gasteiger partial charge on any atom is -0.264 e. The second-order valence-corrected chi connectivity index (χ2v) is 12.7. The van der Waals surface area contributed by atoms with Crippen LogP contribution in [-0.4, -0.2) is 15.0 Å². The second-order valence-electron chi connectivity index (χ2n) is 12.7. The van der Waals surface area contributed by atoms with Crippen molar-refractivity contribution in [2.75, 3.05) is 0 Å². The standard InChI is InChI=1S/C47H33N3/c1-3-12-32(13-4-1)33-23-27-37(28-24-33)46-43(35-25-21-34(22-26-35)38-16-11-29-48-30-38)31-49-47(50-46)45-41-19-9-7-17-39(41)44(36-14-5-2-6-15-36)40-18-8-10-20-42(40)45/h1-7,9-17,19-31H,8,18H2. The SMILES string of the molecule is C1=Cc2c(c(-c3ccccc3)c3ccccc3c2-c2ncc(-c3ccc(-c4cccnc4)cc3)c(-c3ccc(-c4ccccc4)cc3)n2)CC1. The lowest BCUT2D eigenvalue weighted by Crippen LogP contribution is -2.05. The summed E-state index contributed by atoms with van der Waals surface area (Å²) in [5.41, 5.74) is 14.8. The predicted octanol–water partition coefficient (Wildman–Crippen LogP) is 12.0. The normalized spacial score (nSPS) is 12.2. The molecule has 3 nitrogen and oxygen atoms in total. The lowest BCUT2D eigenvalue weighted by molar-refractivity contribution is 0.990. The highest BCUT2D eigenvalue weighted by atomic mass is 14.9. The Morgan fingerprint density at radius 3 is 1.74 bits per heavy atom. The first-order valence-corrected chi connectivity index (χ1v) is 17.2. The van der Waals surface area contributed by atoms with Gasteiger partial charge in [-0.3, -0.25) is 4.98 Å². The van der Waals surface area contributed by atoms with Crippen LogP contribution in [-0.2, 0) is 6.42 Å². The fourth-order valence-corrected chi connectivity index (χ4v) is 7.32. The maximum atomic E-state index is 5.48. The van der Waals surface area contributed by atoms with E-state index in [-0.39, 0.29) is 0 Å². The van der Waals surface area contributed by atoms with Crippen molar-refractivity contribution < 1.29 is 0 Å². The maximum Gasteiger partial charge on any atom is 0.161 e. The Bertz CT molecular complexity index is 2490. The molecule has 6 aromatic carbocycles. The average Bonchev–Trinajstić information content (AvgIpc) is 3.21. The molecule has 0 fully saturated rings. The van der Waals surface area contributed by atoms with Gasteiger partial charge in [-0.1, -0.05) is 152 Å². The quantitative estimate of drug-likeness (QED) is 0.182. The van der Waals surface area contributed by atoms with Gasteiger partial charge in [-0.2, -0.15) is 0 Å². The first-order chi connectivity index (χ1) is 24.8. The highest BCUT2D eigenvalue weighted by Crippen LogP contribution is 2.44. The summed E-state index contributed by atoms with van der Waals surface area (Å²) in [6, 6.07) is 51.5. The first-order valence-electron chi connectivity index (χ1n) is 17.2. The Labute approximate surface area is 292 Å². The summed E-state index contributed by atoms with van der Waals surface area (Å²) in [6.45, 7) is 0. The molecule has 1 aliphatic carbocycles. The van der Waals surface area contributed by atoms with E-state index in [2.05, 4.69) is 157 Å². The molecule has 0 spiro atoms. The van der Waals surface area contributed by atoms with Gasteiger partial charge in [0.25, 0.3) is 0 Å². The highest BCUT2D eigenvalue weighted by molar-refractivity contribution is 6.09. The van der Waals surface area contributed by atoms with Crippen LogP contribution in [0.25, 0.3) is 84.0 Å². The highest BCUT2D eigenvalue weighted by Gasteiger charge is 2.24. The molecule has 0 aliphatic heterocycles. The number of hydrogen-bond donors (Lipinski definition) is 0. The van der Waals surface area contributed by atoms with Gasteiger partial charge in [0.1, 0.15) is 0 Å². The number of nitrogens with zero attached hydrogens (tertiary/aromatic N) is 3. The molecule has 1 aliphatic rings. The Kier molecular flexibility index (Phi) is 7.64. The van der Waals surface area contributed by atoms with Crippen molar-refractivity contribution in [3.63, 3.8) is 0 Å². The molecule has 0 atom stereocenters. The van der Waals surface area contributed by atoms with Crippen molar-refractivity contribution in [3.05, 3.63) is 181 Å². The third-order valence-electron chi connectivity index (χ3n) is 9.74. The third-order valence-corrected chi connectivity index (χ3v) is 9.74. The molecule has 9 rings (SSSR count).